The fourth-order valence-corrected chi connectivity index (χ4v) is 4.38. The van der Waals surface area contributed by atoms with Crippen molar-refractivity contribution < 1.29 is 23.8 Å². The van der Waals surface area contributed by atoms with Crippen LogP contribution < -0.4 is 26.0 Å². The smallest absolute Gasteiger partial charge is 0.332 e. The third-order valence-electron chi connectivity index (χ3n) is 6.44. The van der Waals surface area contributed by atoms with Gasteiger partial charge in [0.05, 0.1) is 44.9 Å². The second-order valence-electron chi connectivity index (χ2n) is 8.94. The van der Waals surface area contributed by atoms with Crippen LogP contribution in [0.3, 0.4) is 0 Å². The zero-order valence-electron chi connectivity index (χ0n) is 21.8. The van der Waals surface area contributed by atoms with E-state index in [9.17, 15) is 19.2 Å². The van der Waals surface area contributed by atoms with Crippen molar-refractivity contribution in [2.24, 2.45) is 0 Å². The number of morpholine rings is 1. The lowest BCUT2D eigenvalue weighted by Gasteiger charge is -2.26. The number of nitrogens with zero attached hydrogens (tertiary/aromatic N) is 3. The van der Waals surface area contributed by atoms with Crippen LogP contribution in [0.25, 0.3) is 10.9 Å². The van der Waals surface area contributed by atoms with Crippen LogP contribution in [0.15, 0.2) is 46.0 Å². The lowest BCUT2D eigenvalue weighted by molar-refractivity contribution is -0.121. The van der Waals surface area contributed by atoms with E-state index in [0.29, 0.717) is 55.5 Å². The van der Waals surface area contributed by atoms with E-state index in [1.165, 1.54) is 30.9 Å². The first-order valence-corrected chi connectivity index (χ1v) is 12.5. The molecule has 2 heterocycles. The van der Waals surface area contributed by atoms with Gasteiger partial charge in [-0.15, -0.1) is 0 Å². The number of aromatic nitrogens is 2. The number of hydrogen-bond acceptors (Lipinski definition) is 7. The van der Waals surface area contributed by atoms with Gasteiger partial charge in [-0.2, -0.15) is 0 Å². The molecule has 2 aromatic carbocycles. The summed E-state index contributed by atoms with van der Waals surface area (Å²) in [5.41, 5.74) is 0.291. The quantitative estimate of drug-likeness (QED) is 0.447. The summed E-state index contributed by atoms with van der Waals surface area (Å²) in [5.74, 6) is 0.223. The number of carbonyl (C=O) groups excluding carboxylic acids is 2. The number of rotatable bonds is 9. The van der Waals surface area contributed by atoms with Gasteiger partial charge in [0.25, 0.3) is 11.5 Å². The van der Waals surface area contributed by atoms with E-state index in [4.69, 9.17) is 14.2 Å². The van der Waals surface area contributed by atoms with Crippen LogP contribution in [0.4, 0.5) is 0 Å². The highest BCUT2D eigenvalue weighted by atomic mass is 16.5. The van der Waals surface area contributed by atoms with Gasteiger partial charge in [0.2, 0.25) is 5.91 Å². The molecule has 2 amide bonds. The molecule has 0 spiro atoms. The number of ether oxygens (including phenoxy) is 3. The van der Waals surface area contributed by atoms with E-state index < -0.39 is 11.2 Å². The Bertz CT molecular complexity index is 1440. The summed E-state index contributed by atoms with van der Waals surface area (Å²) in [6.07, 6.45) is 0.746. The van der Waals surface area contributed by atoms with Crippen LogP contribution in [0, 0.1) is 0 Å². The fourth-order valence-electron chi connectivity index (χ4n) is 4.38. The van der Waals surface area contributed by atoms with E-state index >= 15 is 0 Å². The third-order valence-corrected chi connectivity index (χ3v) is 6.44. The van der Waals surface area contributed by atoms with Gasteiger partial charge < -0.3 is 24.4 Å². The summed E-state index contributed by atoms with van der Waals surface area (Å²) in [4.78, 5) is 54.1. The summed E-state index contributed by atoms with van der Waals surface area (Å²) < 4.78 is 18.4. The molecule has 3 aromatic rings. The maximum absolute atomic E-state index is 13.6. The molecule has 202 valence electrons. The Morgan fingerprint density at radius 1 is 0.974 bits per heavy atom. The maximum Gasteiger partial charge on any atom is 0.332 e. The van der Waals surface area contributed by atoms with Crippen LogP contribution in [0.5, 0.6) is 11.5 Å². The second-order valence-corrected chi connectivity index (χ2v) is 8.94. The molecule has 0 saturated carbocycles. The number of nitrogens with one attached hydrogen (secondary N) is 1. The zero-order chi connectivity index (χ0) is 27.2. The van der Waals surface area contributed by atoms with Gasteiger partial charge in [-0.25, -0.2) is 4.79 Å². The van der Waals surface area contributed by atoms with Crippen LogP contribution in [-0.2, 0) is 22.6 Å². The minimum Gasteiger partial charge on any atom is -0.493 e. The summed E-state index contributed by atoms with van der Waals surface area (Å²) in [7, 11) is 2.91. The van der Waals surface area contributed by atoms with Gasteiger partial charge >= 0.3 is 5.69 Å². The van der Waals surface area contributed by atoms with Crippen molar-refractivity contribution in [1.29, 1.82) is 0 Å². The number of benzene rings is 2. The molecule has 11 heteroatoms. The summed E-state index contributed by atoms with van der Waals surface area (Å²) in [6.45, 7) is 4.18. The number of carbonyl (C=O) groups is 2. The number of fused-ring (bicyclic) bond motifs is 1. The van der Waals surface area contributed by atoms with E-state index in [1.807, 2.05) is 6.92 Å². The van der Waals surface area contributed by atoms with Crippen LogP contribution in [0.1, 0.15) is 29.3 Å². The van der Waals surface area contributed by atoms with E-state index in [-0.39, 0.29) is 35.8 Å². The number of amides is 2. The van der Waals surface area contributed by atoms with Crippen molar-refractivity contribution in [3.8, 4) is 11.5 Å². The highest BCUT2D eigenvalue weighted by Crippen LogP contribution is 2.30. The first kappa shape index (κ1) is 26.9. The normalized spacial score (nSPS) is 13.4. The van der Waals surface area contributed by atoms with Crippen LogP contribution in [0.2, 0.25) is 0 Å². The lowest BCUT2D eigenvalue weighted by atomic mass is 10.1. The molecular weight excluding hydrogens is 492 g/mol. The van der Waals surface area contributed by atoms with Crippen molar-refractivity contribution in [2.75, 3.05) is 47.1 Å². The summed E-state index contributed by atoms with van der Waals surface area (Å²) in [5, 5.41) is 2.98. The molecule has 0 bridgehead atoms. The second kappa shape index (κ2) is 12.0. The van der Waals surface area contributed by atoms with Gasteiger partial charge in [-0.3, -0.25) is 23.5 Å². The fraction of sp³-hybridized carbons (Fsp3) is 0.407. The molecule has 1 fully saturated rings. The van der Waals surface area contributed by atoms with Crippen molar-refractivity contribution >= 4 is 22.7 Å². The minimum atomic E-state index is -0.630. The lowest BCUT2D eigenvalue weighted by Crippen LogP contribution is -2.43. The molecule has 11 nitrogen and oxygen atoms in total. The van der Waals surface area contributed by atoms with Crippen LogP contribution >= 0.6 is 0 Å². The Labute approximate surface area is 219 Å². The van der Waals surface area contributed by atoms with Gasteiger partial charge in [-0.1, -0.05) is 19.1 Å². The minimum absolute atomic E-state index is 0.0371. The Morgan fingerprint density at radius 3 is 2.26 bits per heavy atom. The SMILES string of the molecule is CCCNC(=O)Cn1c(=O)n(Cc2ccc(C(=O)N3CCOCC3)cc2)c(=O)c2cc(OC)c(OC)cc21. The van der Waals surface area contributed by atoms with Crippen LogP contribution in [-0.4, -0.2) is 72.9 Å². The Hall–Kier alpha value is -4.12. The van der Waals surface area contributed by atoms with E-state index in [2.05, 4.69) is 5.32 Å². The highest BCUT2D eigenvalue weighted by molar-refractivity contribution is 5.94. The molecule has 0 aliphatic carbocycles. The summed E-state index contributed by atoms with van der Waals surface area (Å²) in [6, 6.07) is 9.85. The molecule has 1 aliphatic heterocycles. The van der Waals surface area contributed by atoms with Crippen molar-refractivity contribution in [1.82, 2.24) is 19.4 Å². The molecule has 1 aromatic heterocycles. The first-order chi connectivity index (χ1) is 18.4. The third kappa shape index (κ3) is 5.57. The number of methoxy groups -OCH3 is 2. The molecule has 1 N–H and O–H groups in total. The highest BCUT2D eigenvalue weighted by Gasteiger charge is 2.20. The molecule has 1 saturated heterocycles. The molecular formula is C27H32N4O7. The van der Waals surface area contributed by atoms with Gasteiger partial charge in [0.1, 0.15) is 6.54 Å². The number of hydrogen-bond donors (Lipinski definition) is 1. The molecule has 0 radical (unpaired) electrons. The van der Waals surface area contributed by atoms with E-state index in [0.717, 1.165) is 11.0 Å². The zero-order valence-corrected chi connectivity index (χ0v) is 21.8. The predicted molar refractivity (Wildman–Crippen MR) is 141 cm³/mol. The largest absolute Gasteiger partial charge is 0.493 e. The van der Waals surface area contributed by atoms with Gasteiger partial charge in [-0.05, 0) is 30.2 Å². The molecule has 4 rings (SSSR count). The molecule has 0 unspecified atom stereocenters. The maximum atomic E-state index is 13.6. The monoisotopic (exact) mass is 524 g/mol. The van der Waals surface area contributed by atoms with Gasteiger partial charge in [0.15, 0.2) is 11.5 Å². The standard InChI is InChI=1S/C27H32N4O7/c1-4-9-28-24(32)17-30-21-15-23(37-3)22(36-2)14-20(21)26(34)31(27(30)35)16-18-5-7-19(8-6-18)25(33)29-10-12-38-13-11-29/h5-8,14-15H,4,9-13,16-17H2,1-3H3,(H,28,32). The average molecular weight is 525 g/mol. The molecule has 1 aliphatic rings. The predicted octanol–water partition coefficient (Wildman–Crippen LogP) is 1.23. The first-order valence-electron chi connectivity index (χ1n) is 12.5. The Balaban J connectivity index is 1.73. The Morgan fingerprint density at radius 2 is 1.63 bits per heavy atom. The molecule has 38 heavy (non-hydrogen) atoms. The van der Waals surface area contributed by atoms with E-state index in [1.54, 1.807) is 29.2 Å². The van der Waals surface area contributed by atoms with Crippen molar-refractivity contribution in [3.63, 3.8) is 0 Å². The van der Waals surface area contributed by atoms with Gasteiger partial charge in [0, 0.05) is 31.3 Å². The summed E-state index contributed by atoms with van der Waals surface area (Å²) >= 11 is 0. The Kier molecular flexibility index (Phi) is 8.47. The molecule has 0 atom stereocenters. The van der Waals surface area contributed by atoms with Crippen molar-refractivity contribution in [3.05, 3.63) is 68.4 Å². The topological polar surface area (TPSA) is 121 Å². The van der Waals surface area contributed by atoms with Crippen molar-refractivity contribution in [2.45, 2.75) is 26.4 Å². The average Bonchev–Trinajstić information content (AvgIpc) is 2.96.